The van der Waals surface area contributed by atoms with Crippen LogP contribution in [0.5, 0.6) is 0 Å². The van der Waals surface area contributed by atoms with Gasteiger partial charge in [-0.1, -0.05) is 25.0 Å². The third kappa shape index (κ3) is 5.36. The van der Waals surface area contributed by atoms with Crippen molar-refractivity contribution < 1.29 is 9.59 Å². The largest absolute Gasteiger partial charge is 0.359 e. The maximum absolute atomic E-state index is 12.4. The van der Waals surface area contributed by atoms with E-state index in [1.54, 1.807) is 7.05 Å². The average Bonchev–Trinajstić information content (AvgIpc) is 2.85. The van der Waals surface area contributed by atoms with Gasteiger partial charge in [0.05, 0.1) is 12.5 Å². The number of rotatable bonds is 5. The number of benzene rings is 1. The number of anilines is 1. The van der Waals surface area contributed by atoms with Crippen LogP contribution in [0.3, 0.4) is 0 Å². The first-order valence-electron chi connectivity index (χ1n) is 8.44. The van der Waals surface area contributed by atoms with E-state index in [4.69, 9.17) is 0 Å². The van der Waals surface area contributed by atoms with E-state index in [2.05, 4.69) is 15.5 Å². The number of amides is 2. The molecule has 2 N–H and O–H groups in total. The maximum atomic E-state index is 12.4. The van der Waals surface area contributed by atoms with E-state index < -0.39 is 0 Å². The lowest BCUT2D eigenvalue weighted by molar-refractivity contribution is -0.121. The topological polar surface area (TPSA) is 61.4 Å². The first-order valence-corrected chi connectivity index (χ1v) is 8.44. The predicted molar refractivity (Wildman–Crippen MR) is 92.3 cm³/mol. The zero-order chi connectivity index (χ0) is 16.7. The van der Waals surface area contributed by atoms with Gasteiger partial charge in [-0.05, 0) is 50.6 Å². The van der Waals surface area contributed by atoms with Crippen molar-refractivity contribution in [2.45, 2.75) is 45.1 Å². The van der Waals surface area contributed by atoms with Gasteiger partial charge in [0.25, 0.3) is 0 Å². The van der Waals surface area contributed by atoms with Crippen molar-refractivity contribution in [2.24, 2.45) is 0 Å². The van der Waals surface area contributed by atoms with E-state index in [-0.39, 0.29) is 17.9 Å². The molecule has 1 aromatic rings. The second-order valence-electron chi connectivity index (χ2n) is 6.16. The van der Waals surface area contributed by atoms with Crippen molar-refractivity contribution in [3.63, 3.8) is 0 Å². The van der Waals surface area contributed by atoms with Crippen LogP contribution in [0.25, 0.3) is 0 Å². The van der Waals surface area contributed by atoms with E-state index in [1.165, 1.54) is 25.7 Å². The zero-order valence-corrected chi connectivity index (χ0v) is 14.1. The molecule has 1 aromatic carbocycles. The Hall–Kier alpha value is -1.88. The number of carbonyl (C=O) groups is 2. The standard InChI is InChI=1S/C18H27N3O2/c1-14(21-11-5-3-4-6-12-21)18(23)20-16-9-7-15(8-10-16)13-17(22)19-2/h7-10,14H,3-6,11-13H2,1-2H3,(H,19,22)(H,20,23)/t14-/m0/s1. The van der Waals surface area contributed by atoms with Crippen molar-refractivity contribution in [3.8, 4) is 0 Å². The lowest BCUT2D eigenvalue weighted by atomic mass is 10.1. The summed E-state index contributed by atoms with van der Waals surface area (Å²) in [5.74, 6) is 0.0162. The van der Waals surface area contributed by atoms with Crippen LogP contribution >= 0.6 is 0 Å². The van der Waals surface area contributed by atoms with Crippen LogP contribution in [0.1, 0.15) is 38.2 Å². The van der Waals surface area contributed by atoms with Crippen molar-refractivity contribution in [1.29, 1.82) is 0 Å². The van der Waals surface area contributed by atoms with Crippen LogP contribution in [0, 0.1) is 0 Å². The Morgan fingerprint density at radius 1 is 1.09 bits per heavy atom. The number of hydrogen-bond acceptors (Lipinski definition) is 3. The monoisotopic (exact) mass is 317 g/mol. The van der Waals surface area contributed by atoms with Crippen LogP contribution in [0.4, 0.5) is 5.69 Å². The average molecular weight is 317 g/mol. The van der Waals surface area contributed by atoms with Crippen molar-refractivity contribution in [1.82, 2.24) is 10.2 Å². The number of nitrogens with one attached hydrogen (secondary N) is 2. The summed E-state index contributed by atoms with van der Waals surface area (Å²) in [6, 6.07) is 7.35. The van der Waals surface area contributed by atoms with Crippen LogP contribution < -0.4 is 10.6 Å². The van der Waals surface area contributed by atoms with E-state index in [0.29, 0.717) is 6.42 Å². The van der Waals surface area contributed by atoms with Crippen molar-refractivity contribution >= 4 is 17.5 Å². The smallest absolute Gasteiger partial charge is 0.241 e. The molecule has 0 unspecified atom stereocenters. The van der Waals surface area contributed by atoms with Crippen molar-refractivity contribution in [2.75, 3.05) is 25.5 Å². The SMILES string of the molecule is CNC(=O)Cc1ccc(NC(=O)[C@H](C)N2CCCCCC2)cc1. The second-order valence-corrected chi connectivity index (χ2v) is 6.16. The number of carbonyl (C=O) groups excluding carboxylic acids is 2. The Labute approximate surface area is 138 Å². The molecule has 1 fully saturated rings. The fourth-order valence-electron chi connectivity index (χ4n) is 2.87. The van der Waals surface area contributed by atoms with Crippen LogP contribution in [-0.2, 0) is 16.0 Å². The molecule has 1 heterocycles. The minimum atomic E-state index is -0.112. The molecule has 0 bridgehead atoms. The molecule has 0 aliphatic carbocycles. The third-order valence-corrected chi connectivity index (χ3v) is 4.43. The summed E-state index contributed by atoms with van der Waals surface area (Å²) in [6.45, 7) is 3.97. The molecule has 0 radical (unpaired) electrons. The molecule has 23 heavy (non-hydrogen) atoms. The molecular weight excluding hydrogens is 290 g/mol. The summed E-state index contributed by atoms with van der Waals surface area (Å²) >= 11 is 0. The van der Waals surface area contributed by atoms with Gasteiger partial charge in [0.2, 0.25) is 11.8 Å². The van der Waals surface area contributed by atoms with Gasteiger partial charge in [-0.2, -0.15) is 0 Å². The molecule has 0 saturated carbocycles. The molecule has 0 spiro atoms. The summed E-state index contributed by atoms with van der Waals surface area (Å²) in [5, 5.41) is 5.58. The third-order valence-electron chi connectivity index (χ3n) is 4.43. The number of likely N-dealkylation sites (N-methyl/N-ethyl adjacent to an activating group) is 1. The van der Waals surface area contributed by atoms with Gasteiger partial charge in [-0.3, -0.25) is 14.5 Å². The van der Waals surface area contributed by atoms with Crippen LogP contribution in [-0.4, -0.2) is 42.9 Å². The molecule has 1 aliphatic heterocycles. The molecule has 5 heteroatoms. The summed E-state index contributed by atoms with van der Waals surface area (Å²) < 4.78 is 0. The highest BCUT2D eigenvalue weighted by atomic mass is 16.2. The van der Waals surface area contributed by atoms with E-state index in [9.17, 15) is 9.59 Å². The summed E-state index contributed by atoms with van der Waals surface area (Å²) in [6.07, 6.45) is 5.22. The van der Waals surface area contributed by atoms with Crippen LogP contribution in [0.15, 0.2) is 24.3 Å². The molecular formula is C18H27N3O2. The quantitative estimate of drug-likeness (QED) is 0.875. The Morgan fingerprint density at radius 3 is 2.26 bits per heavy atom. The molecule has 1 saturated heterocycles. The maximum Gasteiger partial charge on any atom is 0.241 e. The molecule has 0 aromatic heterocycles. The van der Waals surface area contributed by atoms with E-state index >= 15 is 0 Å². The number of hydrogen-bond donors (Lipinski definition) is 2. The molecule has 2 rings (SSSR count). The first-order chi connectivity index (χ1) is 11.1. The zero-order valence-electron chi connectivity index (χ0n) is 14.1. The second kappa shape index (κ2) is 8.67. The first kappa shape index (κ1) is 17.5. The molecule has 1 aliphatic rings. The number of likely N-dealkylation sites (tertiary alicyclic amines) is 1. The minimum absolute atomic E-state index is 0.0171. The highest BCUT2D eigenvalue weighted by molar-refractivity contribution is 5.94. The fraction of sp³-hybridized carbons (Fsp3) is 0.556. The molecule has 2 amide bonds. The fourth-order valence-corrected chi connectivity index (χ4v) is 2.87. The van der Waals surface area contributed by atoms with Gasteiger partial charge in [0.15, 0.2) is 0 Å². The summed E-state index contributed by atoms with van der Waals surface area (Å²) in [4.78, 5) is 26.0. The predicted octanol–water partition coefficient (Wildman–Crippen LogP) is 2.18. The number of nitrogens with zero attached hydrogens (tertiary/aromatic N) is 1. The molecule has 1 atom stereocenters. The van der Waals surface area contributed by atoms with Crippen LogP contribution in [0.2, 0.25) is 0 Å². The minimum Gasteiger partial charge on any atom is -0.359 e. The molecule has 126 valence electrons. The van der Waals surface area contributed by atoms with Gasteiger partial charge >= 0.3 is 0 Å². The Kier molecular flexibility index (Phi) is 6.59. The van der Waals surface area contributed by atoms with Gasteiger partial charge in [0.1, 0.15) is 0 Å². The van der Waals surface area contributed by atoms with Gasteiger partial charge in [-0.25, -0.2) is 0 Å². The van der Waals surface area contributed by atoms with Gasteiger partial charge in [-0.15, -0.1) is 0 Å². The van der Waals surface area contributed by atoms with E-state index in [0.717, 1.165) is 24.3 Å². The van der Waals surface area contributed by atoms with E-state index in [1.807, 2.05) is 31.2 Å². The van der Waals surface area contributed by atoms with Gasteiger partial charge < -0.3 is 10.6 Å². The Balaban J connectivity index is 1.90. The highest BCUT2D eigenvalue weighted by Gasteiger charge is 2.22. The van der Waals surface area contributed by atoms with Gasteiger partial charge in [0, 0.05) is 12.7 Å². The highest BCUT2D eigenvalue weighted by Crippen LogP contribution is 2.15. The van der Waals surface area contributed by atoms with Crippen molar-refractivity contribution in [3.05, 3.63) is 29.8 Å². The Bertz CT molecular complexity index is 520. The normalized spacial score (nSPS) is 17.1. The Morgan fingerprint density at radius 2 is 1.70 bits per heavy atom. The summed E-state index contributed by atoms with van der Waals surface area (Å²) in [7, 11) is 1.63. The molecule has 5 nitrogen and oxygen atoms in total. The lowest BCUT2D eigenvalue weighted by Crippen LogP contribution is -2.42. The lowest BCUT2D eigenvalue weighted by Gasteiger charge is -2.26. The summed E-state index contributed by atoms with van der Waals surface area (Å²) in [5.41, 5.74) is 1.71.